The molecule has 2 aromatic rings. The third-order valence-electron chi connectivity index (χ3n) is 3.03. The van der Waals surface area contributed by atoms with Gasteiger partial charge in [-0.15, -0.1) is 0 Å². The number of allylic oxidation sites excluding steroid dienone is 2. The highest BCUT2D eigenvalue weighted by atomic mass is 16.5. The Morgan fingerprint density at radius 3 is 2.70 bits per heavy atom. The van der Waals surface area contributed by atoms with Gasteiger partial charge in [-0.1, -0.05) is 6.08 Å². The molecule has 0 saturated carbocycles. The molecule has 0 atom stereocenters. The lowest BCUT2D eigenvalue weighted by molar-refractivity contribution is 0.314. The number of hydrogen-bond acceptors (Lipinski definition) is 5. The smallest absolute Gasteiger partial charge is 0.220 e. The number of pyridine rings is 1. The first-order valence-electron chi connectivity index (χ1n) is 6.30. The summed E-state index contributed by atoms with van der Waals surface area (Å²) in [5.74, 6) is 0.950. The lowest BCUT2D eigenvalue weighted by Crippen LogP contribution is -2.07. The number of aryl methyl sites for hydroxylation is 1. The van der Waals surface area contributed by atoms with Crippen LogP contribution >= 0.6 is 0 Å². The van der Waals surface area contributed by atoms with Crippen LogP contribution in [-0.4, -0.2) is 21.6 Å². The van der Waals surface area contributed by atoms with Crippen molar-refractivity contribution in [3.8, 4) is 11.1 Å². The fraction of sp³-hybridized carbons (Fsp3) is 0.133. The summed E-state index contributed by atoms with van der Waals surface area (Å²) >= 11 is 0. The van der Waals surface area contributed by atoms with Crippen LogP contribution in [0.2, 0.25) is 0 Å². The molecular weight excluding hydrogens is 252 g/mol. The van der Waals surface area contributed by atoms with Crippen molar-refractivity contribution in [2.75, 3.05) is 12.3 Å². The summed E-state index contributed by atoms with van der Waals surface area (Å²) in [5.41, 5.74) is 9.22. The molecule has 0 aromatic carbocycles. The fourth-order valence-corrected chi connectivity index (χ4v) is 2.18. The molecule has 0 amide bonds. The number of hydrogen-bond donors (Lipinski definition) is 1. The summed E-state index contributed by atoms with van der Waals surface area (Å²) < 4.78 is 5.65. The van der Waals surface area contributed by atoms with Gasteiger partial charge in [0.25, 0.3) is 0 Å². The second-order valence-corrected chi connectivity index (χ2v) is 4.40. The van der Waals surface area contributed by atoms with Crippen molar-refractivity contribution in [2.24, 2.45) is 0 Å². The molecule has 20 heavy (non-hydrogen) atoms. The van der Waals surface area contributed by atoms with Gasteiger partial charge in [-0.05, 0) is 36.8 Å². The molecule has 0 aliphatic carbocycles. The molecule has 0 bridgehead atoms. The van der Waals surface area contributed by atoms with E-state index in [-0.39, 0.29) is 5.95 Å². The quantitative estimate of drug-likeness (QED) is 0.903. The van der Waals surface area contributed by atoms with Crippen molar-refractivity contribution in [3.05, 3.63) is 54.1 Å². The Morgan fingerprint density at radius 2 is 2.00 bits per heavy atom. The molecule has 0 radical (unpaired) electrons. The van der Waals surface area contributed by atoms with E-state index in [1.807, 2.05) is 37.3 Å². The Kier molecular flexibility index (Phi) is 3.16. The lowest BCUT2D eigenvalue weighted by Gasteiger charge is -2.16. The van der Waals surface area contributed by atoms with Crippen molar-refractivity contribution in [2.45, 2.75) is 6.92 Å². The lowest BCUT2D eigenvalue weighted by atomic mass is 10.0. The van der Waals surface area contributed by atoms with Gasteiger partial charge in [-0.2, -0.15) is 0 Å². The van der Waals surface area contributed by atoms with Gasteiger partial charge in [0.1, 0.15) is 18.1 Å². The van der Waals surface area contributed by atoms with Crippen LogP contribution in [0.4, 0.5) is 5.95 Å². The van der Waals surface area contributed by atoms with E-state index in [1.165, 1.54) is 0 Å². The first-order valence-corrected chi connectivity index (χ1v) is 6.30. The zero-order valence-electron chi connectivity index (χ0n) is 11.1. The summed E-state index contributed by atoms with van der Waals surface area (Å²) in [6.45, 7) is 2.45. The maximum absolute atomic E-state index is 5.78. The average Bonchev–Trinajstić information content (AvgIpc) is 2.48. The maximum atomic E-state index is 5.78. The van der Waals surface area contributed by atoms with E-state index in [4.69, 9.17) is 10.5 Å². The highest BCUT2D eigenvalue weighted by molar-refractivity contribution is 5.79. The molecular formula is C15H14N4O. The number of nitrogens with zero attached hydrogens (tertiary/aromatic N) is 3. The summed E-state index contributed by atoms with van der Waals surface area (Å²) in [6, 6.07) is 3.84. The standard InChI is InChI=1S/C15H14N4O/c1-10-13(11-5-7-17-8-6-11)14(19-15(16)18-10)12-4-2-3-9-20-12/h2-8H,9H2,1H3,(H2,16,18,19). The second kappa shape index (κ2) is 5.13. The van der Waals surface area contributed by atoms with E-state index in [2.05, 4.69) is 15.0 Å². The maximum Gasteiger partial charge on any atom is 0.220 e. The number of nitrogen functional groups attached to an aromatic ring is 1. The van der Waals surface area contributed by atoms with Crippen LogP contribution in [0.15, 0.2) is 42.8 Å². The van der Waals surface area contributed by atoms with Crippen molar-refractivity contribution in [3.63, 3.8) is 0 Å². The van der Waals surface area contributed by atoms with Crippen LogP contribution in [0.5, 0.6) is 0 Å². The highest BCUT2D eigenvalue weighted by Gasteiger charge is 2.17. The predicted octanol–water partition coefficient (Wildman–Crippen LogP) is 2.36. The molecule has 3 rings (SSSR count). The molecule has 1 aliphatic rings. The Hall–Kier alpha value is -2.69. The Bertz CT molecular complexity index is 693. The molecule has 100 valence electrons. The van der Waals surface area contributed by atoms with Crippen LogP contribution in [-0.2, 0) is 4.74 Å². The van der Waals surface area contributed by atoms with E-state index in [0.717, 1.165) is 16.8 Å². The third-order valence-corrected chi connectivity index (χ3v) is 3.03. The fourth-order valence-electron chi connectivity index (χ4n) is 2.18. The topological polar surface area (TPSA) is 73.9 Å². The second-order valence-electron chi connectivity index (χ2n) is 4.40. The Balaban J connectivity index is 2.22. The highest BCUT2D eigenvalue weighted by Crippen LogP contribution is 2.31. The molecule has 0 saturated heterocycles. The molecule has 0 fully saturated rings. The minimum absolute atomic E-state index is 0.245. The van der Waals surface area contributed by atoms with Crippen LogP contribution < -0.4 is 5.73 Å². The number of nitrogens with two attached hydrogens (primary N) is 1. The number of rotatable bonds is 2. The Labute approximate surface area is 116 Å². The zero-order valence-corrected chi connectivity index (χ0v) is 11.1. The van der Waals surface area contributed by atoms with Crippen LogP contribution in [0.25, 0.3) is 16.9 Å². The first-order chi connectivity index (χ1) is 9.75. The van der Waals surface area contributed by atoms with Crippen molar-refractivity contribution in [1.29, 1.82) is 0 Å². The SMILES string of the molecule is Cc1nc(N)nc(C2=CC=CCO2)c1-c1ccncc1. The summed E-state index contributed by atoms with van der Waals surface area (Å²) in [7, 11) is 0. The summed E-state index contributed by atoms with van der Waals surface area (Å²) in [4.78, 5) is 12.6. The number of anilines is 1. The Morgan fingerprint density at radius 1 is 1.20 bits per heavy atom. The van der Waals surface area contributed by atoms with Crippen LogP contribution in [0, 0.1) is 6.92 Å². The van der Waals surface area contributed by atoms with Gasteiger partial charge in [0.05, 0.1) is 5.69 Å². The molecule has 2 N–H and O–H groups in total. The average molecular weight is 266 g/mol. The van der Waals surface area contributed by atoms with E-state index >= 15 is 0 Å². The normalized spacial score (nSPS) is 13.8. The van der Waals surface area contributed by atoms with E-state index in [9.17, 15) is 0 Å². The van der Waals surface area contributed by atoms with Gasteiger partial charge in [-0.3, -0.25) is 4.98 Å². The van der Waals surface area contributed by atoms with Gasteiger partial charge in [-0.25, -0.2) is 9.97 Å². The summed E-state index contributed by atoms with van der Waals surface area (Å²) in [6.07, 6.45) is 9.25. The molecule has 0 unspecified atom stereocenters. The monoisotopic (exact) mass is 266 g/mol. The predicted molar refractivity (Wildman–Crippen MR) is 77.5 cm³/mol. The zero-order chi connectivity index (χ0) is 13.9. The van der Waals surface area contributed by atoms with Crippen molar-refractivity contribution >= 4 is 11.7 Å². The number of ether oxygens (including phenoxy) is 1. The molecule has 5 nitrogen and oxygen atoms in total. The van der Waals surface area contributed by atoms with E-state index in [0.29, 0.717) is 18.1 Å². The minimum atomic E-state index is 0.245. The van der Waals surface area contributed by atoms with Gasteiger partial charge in [0.2, 0.25) is 5.95 Å². The number of aromatic nitrogens is 3. The minimum Gasteiger partial charge on any atom is -0.487 e. The largest absolute Gasteiger partial charge is 0.487 e. The molecule has 0 spiro atoms. The third kappa shape index (κ3) is 2.25. The van der Waals surface area contributed by atoms with E-state index in [1.54, 1.807) is 12.4 Å². The van der Waals surface area contributed by atoms with Crippen LogP contribution in [0.3, 0.4) is 0 Å². The first kappa shape index (κ1) is 12.3. The van der Waals surface area contributed by atoms with E-state index < -0.39 is 0 Å². The molecule has 5 heteroatoms. The molecule has 3 heterocycles. The van der Waals surface area contributed by atoms with Gasteiger partial charge < -0.3 is 10.5 Å². The van der Waals surface area contributed by atoms with Gasteiger partial charge >= 0.3 is 0 Å². The molecule has 1 aliphatic heterocycles. The van der Waals surface area contributed by atoms with Gasteiger partial charge in [0, 0.05) is 18.0 Å². The molecule has 2 aromatic heterocycles. The van der Waals surface area contributed by atoms with Crippen molar-refractivity contribution in [1.82, 2.24) is 15.0 Å². The van der Waals surface area contributed by atoms with Gasteiger partial charge in [0.15, 0.2) is 0 Å². The van der Waals surface area contributed by atoms with Crippen LogP contribution in [0.1, 0.15) is 11.4 Å². The summed E-state index contributed by atoms with van der Waals surface area (Å²) in [5, 5.41) is 0. The van der Waals surface area contributed by atoms with Crippen molar-refractivity contribution < 1.29 is 4.74 Å².